The van der Waals surface area contributed by atoms with E-state index in [4.69, 9.17) is 0 Å². The molecule has 1 aliphatic heterocycles. The molecule has 0 spiro atoms. The molecule has 8 heavy (non-hydrogen) atoms. The van der Waals surface area contributed by atoms with Gasteiger partial charge in [-0.15, -0.1) is 0 Å². The second kappa shape index (κ2) is 2.94. The van der Waals surface area contributed by atoms with Crippen LogP contribution in [0.3, 0.4) is 0 Å². The SMILES string of the molecule is CC1=CC[N]([Po])CC1. The van der Waals surface area contributed by atoms with Crippen molar-refractivity contribution in [3.63, 3.8) is 0 Å². The van der Waals surface area contributed by atoms with E-state index in [0.717, 1.165) is 0 Å². The molecule has 1 aliphatic rings. The molecule has 0 saturated carbocycles. The first-order chi connectivity index (χ1) is 3.79. The van der Waals surface area contributed by atoms with E-state index in [1.807, 2.05) is 0 Å². The van der Waals surface area contributed by atoms with Gasteiger partial charge < -0.3 is 0 Å². The van der Waals surface area contributed by atoms with Crippen molar-refractivity contribution in [2.75, 3.05) is 13.1 Å². The van der Waals surface area contributed by atoms with E-state index >= 15 is 0 Å². The van der Waals surface area contributed by atoms with Crippen LogP contribution >= 0.6 is 0 Å². The topological polar surface area (TPSA) is 3.24 Å². The molecule has 0 N–H and O–H groups in total. The van der Waals surface area contributed by atoms with Gasteiger partial charge in [0.1, 0.15) is 0 Å². The summed E-state index contributed by atoms with van der Waals surface area (Å²) in [5, 5.41) is 0. The summed E-state index contributed by atoms with van der Waals surface area (Å²) in [5.41, 5.74) is 1.56. The fourth-order valence-electron chi connectivity index (χ4n) is 0.752. The quantitative estimate of drug-likeness (QED) is 0.596. The van der Waals surface area contributed by atoms with Gasteiger partial charge in [0.25, 0.3) is 0 Å². The molecule has 0 aliphatic carbocycles. The molecule has 45 valence electrons. The van der Waals surface area contributed by atoms with E-state index in [1.54, 1.807) is 30.9 Å². The second-order valence-electron chi connectivity index (χ2n) is 2.19. The molecule has 1 heterocycles. The van der Waals surface area contributed by atoms with Crippen molar-refractivity contribution in [2.24, 2.45) is 0 Å². The average Bonchev–Trinajstić information content (AvgIpc) is 1.77. The summed E-state index contributed by atoms with van der Waals surface area (Å²) in [5.74, 6) is 0. The molecule has 0 fully saturated rings. The van der Waals surface area contributed by atoms with Crippen LogP contribution in [0.2, 0.25) is 0 Å². The molecule has 1 radical (unpaired) electrons. The van der Waals surface area contributed by atoms with Gasteiger partial charge in [-0.3, -0.25) is 0 Å². The summed E-state index contributed by atoms with van der Waals surface area (Å²) in [6, 6.07) is 0. The summed E-state index contributed by atoms with van der Waals surface area (Å²) < 4.78 is 2.41. The predicted molar refractivity (Wildman–Crippen MR) is 35.7 cm³/mol. The van der Waals surface area contributed by atoms with Gasteiger partial charge >= 0.3 is 66.2 Å². The van der Waals surface area contributed by atoms with Crippen LogP contribution in [-0.2, 0) is 0 Å². The van der Waals surface area contributed by atoms with Crippen molar-refractivity contribution in [1.82, 2.24) is 2.80 Å². The number of hydrogen-bond donors (Lipinski definition) is 0. The Bertz CT molecular complexity index is 109. The van der Waals surface area contributed by atoms with Gasteiger partial charge in [-0.2, -0.15) is 0 Å². The van der Waals surface area contributed by atoms with Crippen LogP contribution in [0, 0.1) is 0 Å². The predicted octanol–water partition coefficient (Wildman–Crippen LogP) is 0.722. The van der Waals surface area contributed by atoms with E-state index in [9.17, 15) is 0 Å². The molecule has 1 nitrogen and oxygen atoms in total. The number of hydrogen-bond acceptors (Lipinski definition) is 1. The molecule has 0 unspecified atom stereocenters. The molecule has 0 saturated heterocycles. The van der Waals surface area contributed by atoms with Gasteiger partial charge in [-0.05, 0) is 0 Å². The van der Waals surface area contributed by atoms with Gasteiger partial charge in [0, 0.05) is 0 Å². The molecule has 0 aromatic carbocycles. The molecule has 0 amide bonds. The Morgan fingerprint density at radius 3 is 2.88 bits per heavy atom. The molecule has 2 heteroatoms. The van der Waals surface area contributed by atoms with E-state index in [0.29, 0.717) is 0 Å². The second-order valence-corrected chi connectivity index (χ2v) is 4.20. The van der Waals surface area contributed by atoms with Gasteiger partial charge in [0.2, 0.25) is 0 Å². The summed E-state index contributed by atoms with van der Waals surface area (Å²) in [6.45, 7) is 4.67. The first kappa shape index (κ1) is 6.71. The first-order valence-corrected chi connectivity index (χ1v) is 4.29. The third-order valence-corrected chi connectivity index (χ3v) is 2.69. The third kappa shape index (κ3) is 1.84. The fourth-order valence-corrected chi connectivity index (χ4v) is 1.40. The monoisotopic (exact) mass is 305 g/mol. The van der Waals surface area contributed by atoms with Crippen molar-refractivity contribution in [1.29, 1.82) is 0 Å². The van der Waals surface area contributed by atoms with Crippen molar-refractivity contribution < 1.29 is 0 Å². The Morgan fingerprint density at radius 2 is 2.50 bits per heavy atom. The molecule has 1 rings (SSSR count). The Hall–Kier alpha value is 0.596. The van der Waals surface area contributed by atoms with E-state index < -0.39 is 0 Å². The van der Waals surface area contributed by atoms with Crippen LogP contribution in [0.25, 0.3) is 0 Å². The number of nitrogens with zero attached hydrogens (tertiary/aromatic N) is 1. The summed E-state index contributed by atoms with van der Waals surface area (Å²) in [6.07, 6.45) is 3.60. The maximum absolute atomic E-state index is 2.41. The molecular weight excluding hydrogens is 295 g/mol. The zero-order valence-electron chi connectivity index (χ0n) is 5.05. The van der Waals surface area contributed by atoms with Crippen molar-refractivity contribution in [3.8, 4) is 0 Å². The van der Waals surface area contributed by atoms with Crippen molar-refractivity contribution in [2.45, 2.75) is 13.3 Å². The Balaban J connectivity index is 2.42. The van der Waals surface area contributed by atoms with E-state index in [1.165, 1.54) is 19.5 Å². The zero-order valence-corrected chi connectivity index (χ0v) is 8.23. The minimum absolute atomic E-state index is 1.18. The standard InChI is InChI=1S/C6H10N.Po/c1-6-2-4-7-5-3-6;/h2H,3-5H2,1H3;/q-1;+1. The van der Waals surface area contributed by atoms with Crippen LogP contribution in [0.5, 0.6) is 0 Å². The summed E-state index contributed by atoms with van der Waals surface area (Å²) in [4.78, 5) is 0. The summed E-state index contributed by atoms with van der Waals surface area (Å²) >= 11 is 1.60. The molecule has 0 aromatic heterocycles. The molecule has 0 aromatic rings. The fraction of sp³-hybridized carbons (Fsp3) is 0.667. The average molecular weight is 305 g/mol. The van der Waals surface area contributed by atoms with Crippen LogP contribution in [0.1, 0.15) is 13.3 Å². The van der Waals surface area contributed by atoms with Crippen LogP contribution in [0.15, 0.2) is 11.6 Å². The van der Waals surface area contributed by atoms with Crippen molar-refractivity contribution in [3.05, 3.63) is 11.6 Å². The molecule has 0 atom stereocenters. The van der Waals surface area contributed by atoms with Gasteiger partial charge in [0.05, 0.1) is 0 Å². The Kier molecular flexibility index (Phi) is 2.47. The van der Waals surface area contributed by atoms with Crippen LogP contribution in [-0.4, -0.2) is 41.2 Å². The van der Waals surface area contributed by atoms with Crippen molar-refractivity contribution >= 4 is 25.4 Å². The Morgan fingerprint density at radius 1 is 1.75 bits per heavy atom. The number of rotatable bonds is 0. The Labute approximate surface area is 66.3 Å². The van der Waals surface area contributed by atoms with Gasteiger partial charge in [0.15, 0.2) is 0 Å². The van der Waals surface area contributed by atoms with Crippen LogP contribution in [0.4, 0.5) is 0 Å². The third-order valence-electron chi connectivity index (χ3n) is 1.40. The van der Waals surface area contributed by atoms with E-state index in [2.05, 4.69) is 15.8 Å². The maximum atomic E-state index is 2.41. The van der Waals surface area contributed by atoms with Gasteiger partial charge in [-0.25, -0.2) is 0 Å². The normalized spacial score (nSPS) is 23.0. The van der Waals surface area contributed by atoms with Crippen LogP contribution < -0.4 is 0 Å². The zero-order chi connectivity index (χ0) is 5.98. The molecule has 0 bridgehead atoms. The van der Waals surface area contributed by atoms with E-state index in [-0.39, 0.29) is 0 Å². The first-order valence-electron chi connectivity index (χ1n) is 2.87. The van der Waals surface area contributed by atoms with Gasteiger partial charge in [-0.1, -0.05) is 0 Å². The summed E-state index contributed by atoms with van der Waals surface area (Å²) in [7, 11) is 0. The minimum atomic E-state index is 1.18. The molecular formula is C6H10NPo.